The van der Waals surface area contributed by atoms with Crippen LogP contribution < -0.4 is 5.73 Å². The van der Waals surface area contributed by atoms with Gasteiger partial charge in [0.1, 0.15) is 5.82 Å². The lowest BCUT2D eigenvalue weighted by molar-refractivity contribution is 0.0740. The van der Waals surface area contributed by atoms with Crippen LogP contribution in [0.25, 0.3) is 0 Å². The van der Waals surface area contributed by atoms with E-state index in [9.17, 15) is 9.18 Å². The van der Waals surface area contributed by atoms with Crippen molar-refractivity contribution in [3.05, 3.63) is 29.6 Å². The molecule has 1 aromatic carbocycles. The van der Waals surface area contributed by atoms with Crippen molar-refractivity contribution in [2.45, 2.75) is 40.5 Å². The summed E-state index contributed by atoms with van der Waals surface area (Å²) in [5, 5.41) is 0. The molecule has 0 heterocycles. The van der Waals surface area contributed by atoms with Crippen LogP contribution in [0.2, 0.25) is 0 Å². The minimum atomic E-state index is -0.467. The molecule has 1 rings (SSSR count). The van der Waals surface area contributed by atoms with Crippen LogP contribution in [0.5, 0.6) is 0 Å². The van der Waals surface area contributed by atoms with Gasteiger partial charge in [0.25, 0.3) is 5.91 Å². The third-order valence-corrected chi connectivity index (χ3v) is 3.41. The summed E-state index contributed by atoms with van der Waals surface area (Å²) in [6, 6.07) is 4.03. The third-order valence-electron chi connectivity index (χ3n) is 3.41. The Kier molecular flexibility index (Phi) is 6.66. The predicted octanol–water partition coefficient (Wildman–Crippen LogP) is 3.94. The molecule has 0 atom stereocenters. The minimum Gasteiger partial charge on any atom is -0.399 e. The van der Waals surface area contributed by atoms with Gasteiger partial charge in [-0.15, -0.1) is 0 Å². The largest absolute Gasteiger partial charge is 0.399 e. The second-order valence-corrected chi connectivity index (χ2v) is 6.43. The maximum atomic E-state index is 13.4. The number of halogens is 1. The van der Waals surface area contributed by atoms with Gasteiger partial charge < -0.3 is 10.6 Å². The van der Waals surface area contributed by atoms with Crippen molar-refractivity contribution in [3.63, 3.8) is 0 Å². The van der Waals surface area contributed by atoms with Gasteiger partial charge in [-0.2, -0.15) is 0 Å². The highest BCUT2D eigenvalue weighted by Crippen LogP contribution is 2.15. The molecule has 4 heteroatoms. The van der Waals surface area contributed by atoms with Gasteiger partial charge in [0, 0.05) is 24.3 Å². The molecule has 0 aliphatic heterocycles. The maximum absolute atomic E-state index is 13.4. The lowest BCUT2D eigenvalue weighted by Gasteiger charge is -2.24. The molecular formula is C17H27FN2O. The molecule has 0 aromatic heterocycles. The number of anilines is 1. The number of carbonyl (C=O) groups excluding carboxylic acids is 1. The van der Waals surface area contributed by atoms with Crippen molar-refractivity contribution in [1.29, 1.82) is 0 Å². The molecule has 0 spiro atoms. The SMILES string of the molecule is CC(C)CCN(CCC(C)C)C(=O)c1cc(N)cc(F)c1. The van der Waals surface area contributed by atoms with E-state index in [0.29, 0.717) is 30.5 Å². The third kappa shape index (κ3) is 6.15. The van der Waals surface area contributed by atoms with E-state index in [1.165, 1.54) is 12.1 Å². The Balaban J connectivity index is 2.86. The van der Waals surface area contributed by atoms with Crippen LogP contribution >= 0.6 is 0 Å². The average molecular weight is 294 g/mol. The Labute approximate surface area is 127 Å². The van der Waals surface area contributed by atoms with Crippen molar-refractivity contribution < 1.29 is 9.18 Å². The van der Waals surface area contributed by atoms with Crippen LogP contribution in [0.1, 0.15) is 50.9 Å². The Hall–Kier alpha value is -1.58. The van der Waals surface area contributed by atoms with Gasteiger partial charge >= 0.3 is 0 Å². The Morgan fingerprint density at radius 3 is 2.05 bits per heavy atom. The van der Waals surface area contributed by atoms with E-state index in [0.717, 1.165) is 12.8 Å². The predicted molar refractivity (Wildman–Crippen MR) is 85.6 cm³/mol. The molecule has 0 saturated heterocycles. The lowest BCUT2D eigenvalue weighted by Crippen LogP contribution is -2.34. The first-order valence-corrected chi connectivity index (χ1v) is 7.65. The molecule has 118 valence electrons. The van der Waals surface area contributed by atoms with E-state index in [1.807, 2.05) is 4.90 Å². The molecule has 3 nitrogen and oxygen atoms in total. The van der Waals surface area contributed by atoms with Gasteiger partial charge in [0.2, 0.25) is 0 Å². The fourth-order valence-corrected chi connectivity index (χ4v) is 2.06. The molecule has 21 heavy (non-hydrogen) atoms. The zero-order chi connectivity index (χ0) is 16.0. The first-order valence-electron chi connectivity index (χ1n) is 7.65. The number of nitrogens with zero attached hydrogens (tertiary/aromatic N) is 1. The summed E-state index contributed by atoms with van der Waals surface area (Å²) in [6.07, 6.45) is 1.88. The van der Waals surface area contributed by atoms with Crippen LogP contribution in [0.4, 0.5) is 10.1 Å². The first kappa shape index (κ1) is 17.5. The average Bonchev–Trinajstić information content (AvgIpc) is 2.36. The highest BCUT2D eigenvalue weighted by atomic mass is 19.1. The second kappa shape index (κ2) is 8.01. The summed E-state index contributed by atoms with van der Waals surface area (Å²) in [5.74, 6) is 0.447. The van der Waals surface area contributed by atoms with E-state index in [1.54, 1.807) is 6.07 Å². The zero-order valence-corrected chi connectivity index (χ0v) is 13.5. The first-order chi connectivity index (χ1) is 9.79. The van der Waals surface area contributed by atoms with Gasteiger partial charge in [0.15, 0.2) is 0 Å². The molecule has 0 radical (unpaired) electrons. The summed E-state index contributed by atoms with van der Waals surface area (Å²) >= 11 is 0. The van der Waals surface area contributed by atoms with Crippen molar-refractivity contribution >= 4 is 11.6 Å². The summed E-state index contributed by atoms with van der Waals surface area (Å²) in [5.41, 5.74) is 6.25. The highest BCUT2D eigenvalue weighted by Gasteiger charge is 2.17. The summed E-state index contributed by atoms with van der Waals surface area (Å²) in [7, 11) is 0. The van der Waals surface area contributed by atoms with Crippen LogP contribution in [-0.2, 0) is 0 Å². The van der Waals surface area contributed by atoms with Crippen LogP contribution in [0.15, 0.2) is 18.2 Å². The molecule has 2 N–H and O–H groups in total. The Morgan fingerprint density at radius 2 is 1.62 bits per heavy atom. The van der Waals surface area contributed by atoms with Crippen LogP contribution in [0, 0.1) is 17.7 Å². The van der Waals surface area contributed by atoms with Crippen molar-refractivity contribution in [2.75, 3.05) is 18.8 Å². The standard InChI is InChI=1S/C17H27FN2O/c1-12(2)5-7-20(8-6-13(3)4)17(21)14-9-15(18)11-16(19)10-14/h9-13H,5-8,19H2,1-4H3. The smallest absolute Gasteiger partial charge is 0.254 e. The fourth-order valence-electron chi connectivity index (χ4n) is 2.06. The number of amides is 1. The van der Waals surface area contributed by atoms with Gasteiger partial charge in [-0.25, -0.2) is 4.39 Å². The quantitative estimate of drug-likeness (QED) is 0.774. The number of nitrogen functional groups attached to an aromatic ring is 1. The monoisotopic (exact) mass is 294 g/mol. The Bertz CT molecular complexity index is 440. The highest BCUT2D eigenvalue weighted by molar-refractivity contribution is 5.95. The van der Waals surface area contributed by atoms with E-state index in [4.69, 9.17) is 5.73 Å². The summed E-state index contributed by atoms with van der Waals surface area (Å²) in [6.45, 7) is 9.91. The maximum Gasteiger partial charge on any atom is 0.254 e. The van der Waals surface area contributed by atoms with E-state index in [-0.39, 0.29) is 11.6 Å². The topological polar surface area (TPSA) is 46.3 Å². The number of hydrogen-bond acceptors (Lipinski definition) is 2. The molecular weight excluding hydrogens is 267 g/mol. The van der Waals surface area contributed by atoms with Crippen LogP contribution in [0.3, 0.4) is 0 Å². The molecule has 0 bridgehead atoms. The van der Waals surface area contributed by atoms with E-state index in [2.05, 4.69) is 27.7 Å². The Morgan fingerprint density at radius 1 is 1.10 bits per heavy atom. The lowest BCUT2D eigenvalue weighted by atomic mass is 10.1. The number of carbonyl (C=O) groups is 1. The van der Waals surface area contributed by atoms with Crippen molar-refractivity contribution in [1.82, 2.24) is 4.90 Å². The van der Waals surface area contributed by atoms with Gasteiger partial charge in [-0.1, -0.05) is 27.7 Å². The molecule has 0 aliphatic rings. The zero-order valence-electron chi connectivity index (χ0n) is 13.5. The molecule has 0 aliphatic carbocycles. The van der Waals surface area contributed by atoms with E-state index < -0.39 is 5.82 Å². The summed E-state index contributed by atoms with van der Waals surface area (Å²) < 4.78 is 13.4. The molecule has 1 aromatic rings. The number of nitrogens with two attached hydrogens (primary N) is 1. The molecule has 0 unspecified atom stereocenters. The summed E-state index contributed by atoms with van der Waals surface area (Å²) in [4.78, 5) is 14.4. The van der Waals surface area contributed by atoms with E-state index >= 15 is 0 Å². The van der Waals surface area contributed by atoms with Gasteiger partial charge in [0.05, 0.1) is 0 Å². The number of hydrogen-bond donors (Lipinski definition) is 1. The molecule has 0 saturated carbocycles. The second-order valence-electron chi connectivity index (χ2n) is 6.43. The van der Waals surface area contributed by atoms with Crippen LogP contribution in [-0.4, -0.2) is 23.9 Å². The van der Waals surface area contributed by atoms with Gasteiger partial charge in [-0.05, 0) is 42.9 Å². The molecule has 0 fully saturated rings. The van der Waals surface area contributed by atoms with Crippen molar-refractivity contribution in [3.8, 4) is 0 Å². The fraction of sp³-hybridized carbons (Fsp3) is 0.588. The van der Waals surface area contributed by atoms with Crippen molar-refractivity contribution in [2.24, 2.45) is 11.8 Å². The minimum absolute atomic E-state index is 0.137. The normalized spacial score (nSPS) is 11.2. The van der Waals surface area contributed by atoms with Gasteiger partial charge in [-0.3, -0.25) is 4.79 Å². The number of benzene rings is 1. The molecule has 1 amide bonds. The number of rotatable bonds is 7.